The summed E-state index contributed by atoms with van der Waals surface area (Å²) in [5.74, 6) is -11.9. The van der Waals surface area contributed by atoms with Gasteiger partial charge in [0.15, 0.2) is 0 Å². The zero-order valence-electron chi connectivity index (χ0n) is 42.6. The fourth-order valence-corrected chi connectivity index (χ4v) is 7.50. The Morgan fingerprint density at radius 1 is 0.845 bits per heavy atom. The van der Waals surface area contributed by atoms with Gasteiger partial charge in [-0.05, 0) is 64.4 Å². The van der Waals surface area contributed by atoms with Gasteiger partial charge in [-0.25, -0.2) is 9.59 Å². The van der Waals surface area contributed by atoms with E-state index in [1.54, 1.807) is 40.0 Å². The first-order valence-electron chi connectivity index (χ1n) is 23.7. The van der Waals surface area contributed by atoms with E-state index in [1.165, 1.54) is 27.8 Å². The van der Waals surface area contributed by atoms with Crippen LogP contribution in [0.4, 0.5) is 0 Å². The Morgan fingerprint density at radius 3 is 2.03 bits per heavy atom. The van der Waals surface area contributed by atoms with Crippen molar-refractivity contribution in [1.82, 2.24) is 36.8 Å². The molecule has 0 saturated carbocycles. The number of nitrogens with one attached hydrogen (secondary N) is 6. The van der Waals surface area contributed by atoms with Gasteiger partial charge in [-0.3, -0.25) is 38.6 Å². The summed E-state index contributed by atoms with van der Waals surface area (Å²) in [7, 11) is 2.83. The van der Waals surface area contributed by atoms with E-state index in [2.05, 4.69) is 43.5 Å². The molecular formula is C50H75N9O12. The summed E-state index contributed by atoms with van der Waals surface area (Å²) in [5, 5.41) is 35.6. The number of hydrogen-bond donors (Lipinski definition) is 9. The quantitative estimate of drug-likeness (QED) is 0.0398. The zero-order chi connectivity index (χ0) is 53.7. The minimum absolute atomic E-state index is 0.0150. The molecule has 1 aromatic carbocycles. The lowest BCUT2D eigenvalue weighted by molar-refractivity contribution is -0.146. The Balaban J connectivity index is 2.73. The van der Waals surface area contributed by atoms with Crippen molar-refractivity contribution in [3.63, 3.8) is 0 Å². The first-order chi connectivity index (χ1) is 33.3. The number of ether oxygens (including phenoxy) is 1. The molecule has 21 heteroatoms. The van der Waals surface area contributed by atoms with Crippen LogP contribution in [0.3, 0.4) is 0 Å². The van der Waals surface area contributed by atoms with E-state index in [0.717, 1.165) is 16.0 Å². The summed E-state index contributed by atoms with van der Waals surface area (Å²) in [6, 6.07) is 1.13. The van der Waals surface area contributed by atoms with Gasteiger partial charge in [0.2, 0.25) is 35.4 Å². The van der Waals surface area contributed by atoms with Crippen LogP contribution in [0.1, 0.15) is 93.1 Å². The number of aliphatic imine (C=N–C) groups is 1. The lowest BCUT2D eigenvalue weighted by atomic mass is 9.94. The van der Waals surface area contributed by atoms with Crippen LogP contribution < -0.4 is 37.6 Å². The zero-order valence-corrected chi connectivity index (χ0v) is 42.6. The number of allylic oxidation sites excluding steroid dienone is 2. The van der Waals surface area contributed by atoms with E-state index in [1.807, 2.05) is 50.3 Å². The standard InChI is InChI=1S/C50H75N9O12/c1-27(2)24-39-48(66)58-42(50(69)70)31(6)44(62)55-37(18-15-23-52-34(9)51)47(65)54-36(20-19-28(3)25-29(4)40(71-11)26-35-16-13-12-14-17-35)30(5)43(61)56-38(49(67)68)21-22-41(60)59(10)33(8)46(64)53-32(7)45(63)57-39/h12-14,16-17,19-20,25,27,29-32,36-40,42H,8,15,18,21-24,26H2,1-7,9-11H3,(H2,51,52)(H,53,64)(H,54,65)(H,55,62)(H,56,61)(H,57,63)(H,58,66)(H,67,68)(H,69,70)/b20-19+,28-25+/t29-,30-,31-,32+,36-,37-,38+,39-,40-,42+/m0/s1. The Labute approximate surface area is 416 Å². The highest BCUT2D eigenvalue weighted by atomic mass is 16.5. The molecule has 0 unspecified atom stereocenters. The molecule has 1 saturated heterocycles. The van der Waals surface area contributed by atoms with Crippen LogP contribution in [-0.2, 0) is 54.3 Å². The largest absolute Gasteiger partial charge is 0.480 e. The smallest absolute Gasteiger partial charge is 0.327 e. The SMILES string of the molecule is C=C1C(=O)N[C@H](C)C(=O)N[C@@H](CC(C)C)C(=O)N[C@@H](C(=O)O)[C@H](C)C(=O)N[C@@H](CCCN=C(C)N)C(=O)N[C@@H](/C=C/C(C)=C/[C@H](C)[C@H](Cc2ccccc2)OC)[C@H](C)C(=O)N[C@@H](C(=O)O)CCC(=O)N1C. The van der Waals surface area contributed by atoms with Gasteiger partial charge < -0.3 is 57.5 Å². The topological polar surface area (TPSA) is 317 Å². The molecule has 2 rings (SSSR count). The third kappa shape index (κ3) is 20.2. The Hall–Kier alpha value is -6.90. The highest BCUT2D eigenvalue weighted by molar-refractivity contribution is 6.00. The van der Waals surface area contributed by atoms with Crippen LogP contribution >= 0.6 is 0 Å². The summed E-state index contributed by atoms with van der Waals surface area (Å²) >= 11 is 0. The molecule has 10 atom stereocenters. The van der Waals surface area contributed by atoms with Crippen LogP contribution in [-0.4, -0.2) is 137 Å². The van der Waals surface area contributed by atoms with E-state index in [-0.39, 0.29) is 49.6 Å². The molecule has 71 heavy (non-hydrogen) atoms. The second-order valence-electron chi connectivity index (χ2n) is 18.5. The fourth-order valence-electron chi connectivity index (χ4n) is 7.50. The van der Waals surface area contributed by atoms with Crippen LogP contribution in [0.25, 0.3) is 0 Å². The van der Waals surface area contributed by atoms with Crippen molar-refractivity contribution in [1.29, 1.82) is 0 Å². The van der Waals surface area contributed by atoms with Gasteiger partial charge in [-0.2, -0.15) is 0 Å². The van der Waals surface area contributed by atoms with Gasteiger partial charge in [0.25, 0.3) is 5.91 Å². The number of methoxy groups -OCH3 is 1. The number of nitrogens with zero attached hydrogens (tertiary/aromatic N) is 2. The second kappa shape index (κ2) is 29.3. The van der Waals surface area contributed by atoms with Crippen molar-refractivity contribution in [2.45, 2.75) is 136 Å². The van der Waals surface area contributed by atoms with Gasteiger partial charge in [0, 0.05) is 33.0 Å². The summed E-state index contributed by atoms with van der Waals surface area (Å²) in [5.41, 5.74) is 7.12. The highest BCUT2D eigenvalue weighted by Gasteiger charge is 2.37. The second-order valence-corrected chi connectivity index (χ2v) is 18.5. The molecule has 21 nitrogen and oxygen atoms in total. The average molecular weight is 994 g/mol. The van der Waals surface area contributed by atoms with Crippen molar-refractivity contribution in [3.05, 3.63) is 72.0 Å². The lowest BCUT2D eigenvalue weighted by Gasteiger charge is -2.28. The number of carboxylic acid groups (broad SMARTS) is 2. The fraction of sp³-hybridized carbons (Fsp3) is 0.560. The van der Waals surface area contributed by atoms with Gasteiger partial charge in [-0.1, -0.05) is 95.3 Å². The third-order valence-electron chi connectivity index (χ3n) is 12.0. The molecule has 0 bridgehead atoms. The molecule has 10 N–H and O–H groups in total. The van der Waals surface area contributed by atoms with Gasteiger partial charge in [-0.15, -0.1) is 0 Å². The van der Waals surface area contributed by atoms with Crippen LogP contribution in [0, 0.1) is 23.7 Å². The molecule has 1 aliphatic heterocycles. The number of aliphatic carboxylic acids is 2. The maximum atomic E-state index is 14.4. The Morgan fingerprint density at radius 2 is 1.45 bits per heavy atom. The van der Waals surface area contributed by atoms with Gasteiger partial charge in [0.05, 0.1) is 29.8 Å². The number of amidine groups is 1. The molecule has 0 aliphatic carbocycles. The van der Waals surface area contributed by atoms with E-state index >= 15 is 0 Å². The molecule has 1 aliphatic rings. The Bertz CT molecular complexity index is 2160. The monoisotopic (exact) mass is 994 g/mol. The number of benzene rings is 1. The van der Waals surface area contributed by atoms with Crippen molar-refractivity contribution < 1.29 is 58.1 Å². The lowest BCUT2D eigenvalue weighted by Crippen LogP contribution is -2.59. The molecule has 7 amide bonds. The molecule has 1 aromatic rings. The van der Waals surface area contributed by atoms with Gasteiger partial charge in [0.1, 0.15) is 35.9 Å². The maximum Gasteiger partial charge on any atom is 0.327 e. The minimum atomic E-state index is -1.87. The number of rotatable bonds is 15. The van der Waals surface area contributed by atoms with E-state index in [9.17, 15) is 53.4 Å². The number of carbonyl (C=O) groups is 9. The third-order valence-corrected chi connectivity index (χ3v) is 12.0. The molecule has 0 aromatic heterocycles. The Kier molecular flexibility index (Phi) is 24.9. The maximum absolute atomic E-state index is 14.4. The van der Waals surface area contributed by atoms with Gasteiger partial charge >= 0.3 is 11.9 Å². The first-order valence-corrected chi connectivity index (χ1v) is 23.7. The minimum Gasteiger partial charge on any atom is -0.480 e. The molecule has 1 fully saturated rings. The van der Waals surface area contributed by atoms with Crippen molar-refractivity contribution >= 4 is 59.1 Å². The van der Waals surface area contributed by atoms with Crippen molar-refractivity contribution in [3.8, 4) is 0 Å². The van der Waals surface area contributed by atoms with Crippen LogP contribution in [0.2, 0.25) is 0 Å². The number of carboxylic acids is 2. The highest BCUT2D eigenvalue weighted by Crippen LogP contribution is 2.19. The van der Waals surface area contributed by atoms with Crippen molar-refractivity contribution in [2.75, 3.05) is 20.7 Å². The van der Waals surface area contributed by atoms with E-state index in [0.29, 0.717) is 6.42 Å². The summed E-state index contributed by atoms with van der Waals surface area (Å²) in [6.45, 7) is 16.6. The van der Waals surface area contributed by atoms with Crippen LogP contribution in [0.5, 0.6) is 0 Å². The van der Waals surface area contributed by atoms with E-state index < -0.39 is 120 Å². The summed E-state index contributed by atoms with van der Waals surface area (Å²) in [4.78, 5) is 126. The van der Waals surface area contributed by atoms with Crippen molar-refractivity contribution in [2.24, 2.45) is 34.4 Å². The molecular weight excluding hydrogens is 919 g/mol. The average Bonchev–Trinajstić information content (AvgIpc) is 3.31. The molecule has 392 valence electrons. The predicted octanol–water partition coefficient (Wildman–Crippen LogP) is 1.72. The number of amides is 7. The predicted molar refractivity (Wildman–Crippen MR) is 266 cm³/mol. The number of nitrogens with two attached hydrogens (primary N) is 1. The number of carbonyl (C=O) groups excluding carboxylic acids is 7. The first kappa shape index (κ1) is 60.2. The van der Waals surface area contributed by atoms with Crippen LogP contribution in [0.15, 0.2) is 71.4 Å². The summed E-state index contributed by atoms with van der Waals surface area (Å²) in [6.07, 6.45) is 4.86. The van der Waals surface area contributed by atoms with E-state index in [4.69, 9.17) is 10.5 Å². The number of hydrogen-bond acceptors (Lipinski definition) is 11. The summed E-state index contributed by atoms with van der Waals surface area (Å²) < 4.78 is 5.82. The number of likely N-dealkylation sites (N-methyl/N-ethyl adjacent to an activating group) is 1. The molecule has 0 radical (unpaired) electrons. The molecule has 0 spiro atoms. The normalized spacial score (nSPS) is 25.7. The molecule has 1 heterocycles.